The lowest BCUT2D eigenvalue weighted by molar-refractivity contribution is 0.251. The smallest absolute Gasteiger partial charge is 0.319 e. The third-order valence-electron chi connectivity index (χ3n) is 2.63. The zero-order valence-corrected chi connectivity index (χ0v) is 12.2. The molecular weight excluding hydrogens is 276 g/mol. The number of aromatic nitrogens is 2. The molecule has 2 N–H and O–H groups in total. The van der Waals surface area contributed by atoms with Gasteiger partial charge in [-0.1, -0.05) is 25.4 Å². The van der Waals surface area contributed by atoms with Gasteiger partial charge in [0.05, 0.1) is 10.7 Å². The van der Waals surface area contributed by atoms with Crippen LogP contribution in [-0.2, 0) is 0 Å². The lowest BCUT2D eigenvalue weighted by Crippen LogP contribution is -2.31. The molecule has 20 heavy (non-hydrogen) atoms. The van der Waals surface area contributed by atoms with Gasteiger partial charge in [-0.05, 0) is 30.2 Å². The van der Waals surface area contributed by atoms with Gasteiger partial charge in [0.2, 0.25) is 0 Å². The normalized spacial score (nSPS) is 10.6. The van der Waals surface area contributed by atoms with E-state index in [2.05, 4.69) is 15.7 Å². The Kier molecular flexibility index (Phi) is 4.63. The second-order valence-electron chi connectivity index (χ2n) is 4.85. The lowest BCUT2D eigenvalue weighted by Gasteiger charge is -2.11. The summed E-state index contributed by atoms with van der Waals surface area (Å²) in [4.78, 5) is 11.7. The van der Waals surface area contributed by atoms with Crippen LogP contribution in [0.1, 0.15) is 13.8 Å². The molecule has 0 fully saturated rings. The van der Waals surface area contributed by atoms with Gasteiger partial charge >= 0.3 is 6.03 Å². The Balaban J connectivity index is 2.04. The van der Waals surface area contributed by atoms with E-state index in [-0.39, 0.29) is 6.03 Å². The maximum absolute atomic E-state index is 11.7. The summed E-state index contributed by atoms with van der Waals surface area (Å²) < 4.78 is 1.67. The fraction of sp³-hybridized carbons (Fsp3) is 0.286. The van der Waals surface area contributed by atoms with Crippen LogP contribution >= 0.6 is 11.6 Å². The molecule has 2 amide bonds. The van der Waals surface area contributed by atoms with Crippen LogP contribution < -0.4 is 10.6 Å². The van der Waals surface area contributed by atoms with Crippen LogP contribution in [-0.4, -0.2) is 22.4 Å². The summed E-state index contributed by atoms with van der Waals surface area (Å²) in [6.45, 7) is 4.71. The van der Waals surface area contributed by atoms with Gasteiger partial charge < -0.3 is 10.6 Å². The second kappa shape index (κ2) is 6.43. The van der Waals surface area contributed by atoms with Gasteiger partial charge in [0, 0.05) is 24.6 Å². The van der Waals surface area contributed by atoms with Gasteiger partial charge in [0.1, 0.15) is 0 Å². The van der Waals surface area contributed by atoms with E-state index < -0.39 is 0 Å². The van der Waals surface area contributed by atoms with Crippen LogP contribution in [0.25, 0.3) is 5.69 Å². The molecule has 106 valence electrons. The summed E-state index contributed by atoms with van der Waals surface area (Å²) >= 11 is 6.20. The number of anilines is 1. The number of hydrogen-bond donors (Lipinski definition) is 2. The van der Waals surface area contributed by atoms with E-state index in [1.807, 2.05) is 32.2 Å². The molecule has 0 bridgehead atoms. The van der Waals surface area contributed by atoms with E-state index in [0.717, 1.165) is 5.69 Å². The van der Waals surface area contributed by atoms with E-state index in [4.69, 9.17) is 11.6 Å². The summed E-state index contributed by atoms with van der Waals surface area (Å²) in [6, 6.07) is 6.89. The van der Waals surface area contributed by atoms with Crippen molar-refractivity contribution in [2.75, 3.05) is 11.9 Å². The van der Waals surface area contributed by atoms with Crippen LogP contribution in [0.15, 0.2) is 36.7 Å². The Morgan fingerprint density at radius 1 is 1.45 bits per heavy atom. The van der Waals surface area contributed by atoms with Crippen LogP contribution in [0.5, 0.6) is 0 Å². The molecule has 2 rings (SSSR count). The number of nitrogens with zero attached hydrogens (tertiary/aromatic N) is 2. The van der Waals surface area contributed by atoms with Crippen molar-refractivity contribution in [3.05, 3.63) is 41.7 Å². The molecule has 2 aromatic rings. The molecule has 5 nitrogen and oxygen atoms in total. The molecule has 6 heteroatoms. The number of amides is 2. The van der Waals surface area contributed by atoms with Crippen molar-refractivity contribution in [3.8, 4) is 5.69 Å². The van der Waals surface area contributed by atoms with E-state index in [0.29, 0.717) is 23.2 Å². The number of halogens is 1. The van der Waals surface area contributed by atoms with Crippen LogP contribution in [0.4, 0.5) is 10.5 Å². The number of nitrogens with one attached hydrogen (secondary N) is 2. The van der Waals surface area contributed by atoms with Crippen molar-refractivity contribution in [3.63, 3.8) is 0 Å². The average Bonchev–Trinajstić information content (AvgIpc) is 2.90. The third-order valence-corrected chi connectivity index (χ3v) is 2.93. The minimum atomic E-state index is -0.235. The number of carbonyl (C=O) groups is 1. The first kappa shape index (κ1) is 14.4. The van der Waals surface area contributed by atoms with Gasteiger partial charge in [0.15, 0.2) is 0 Å². The fourth-order valence-corrected chi connectivity index (χ4v) is 1.92. The van der Waals surface area contributed by atoms with E-state index in [1.54, 1.807) is 23.0 Å². The molecule has 1 aromatic heterocycles. The number of hydrogen-bond acceptors (Lipinski definition) is 2. The van der Waals surface area contributed by atoms with Crippen LogP contribution in [0.2, 0.25) is 5.02 Å². The molecule has 0 spiro atoms. The van der Waals surface area contributed by atoms with Crippen molar-refractivity contribution in [2.45, 2.75) is 13.8 Å². The Morgan fingerprint density at radius 3 is 2.85 bits per heavy atom. The van der Waals surface area contributed by atoms with Gasteiger partial charge in [0.25, 0.3) is 0 Å². The number of carbonyl (C=O) groups excluding carboxylic acids is 1. The minimum Gasteiger partial charge on any atom is -0.338 e. The molecule has 0 unspecified atom stereocenters. The highest BCUT2D eigenvalue weighted by molar-refractivity contribution is 6.32. The van der Waals surface area contributed by atoms with E-state index >= 15 is 0 Å². The SMILES string of the molecule is CC(C)CNC(=O)Nc1ccc(-n2cccn2)c(Cl)c1. The monoisotopic (exact) mass is 292 g/mol. The summed E-state index contributed by atoms with van der Waals surface area (Å²) in [5.74, 6) is 0.409. The Labute approximate surface area is 122 Å². The molecule has 0 radical (unpaired) electrons. The second-order valence-corrected chi connectivity index (χ2v) is 5.25. The highest BCUT2D eigenvalue weighted by Crippen LogP contribution is 2.23. The molecular formula is C14H17ClN4O. The maximum Gasteiger partial charge on any atom is 0.319 e. The van der Waals surface area contributed by atoms with Crippen molar-refractivity contribution in [1.82, 2.24) is 15.1 Å². The Morgan fingerprint density at radius 2 is 2.25 bits per heavy atom. The first-order valence-corrected chi connectivity index (χ1v) is 6.78. The summed E-state index contributed by atoms with van der Waals surface area (Å²) in [5.41, 5.74) is 1.41. The quantitative estimate of drug-likeness (QED) is 0.908. The molecule has 0 saturated heterocycles. The van der Waals surface area contributed by atoms with Crippen LogP contribution in [0, 0.1) is 5.92 Å². The van der Waals surface area contributed by atoms with Crippen molar-refractivity contribution < 1.29 is 4.79 Å². The highest BCUT2D eigenvalue weighted by atomic mass is 35.5. The van der Waals surface area contributed by atoms with Gasteiger partial charge in [-0.2, -0.15) is 5.10 Å². The van der Waals surface area contributed by atoms with E-state index in [1.165, 1.54) is 0 Å². The molecule has 0 aliphatic heterocycles. The predicted molar refractivity (Wildman–Crippen MR) is 80.4 cm³/mol. The number of urea groups is 1. The number of rotatable bonds is 4. The van der Waals surface area contributed by atoms with Gasteiger partial charge in [-0.25, -0.2) is 9.48 Å². The molecule has 0 aliphatic rings. The number of benzene rings is 1. The summed E-state index contributed by atoms with van der Waals surface area (Å²) in [7, 11) is 0. The fourth-order valence-electron chi connectivity index (χ4n) is 1.65. The maximum atomic E-state index is 11.7. The molecule has 0 atom stereocenters. The topological polar surface area (TPSA) is 59.0 Å². The minimum absolute atomic E-state index is 0.235. The molecule has 1 heterocycles. The molecule has 0 aliphatic carbocycles. The van der Waals surface area contributed by atoms with Crippen molar-refractivity contribution in [2.24, 2.45) is 5.92 Å². The zero-order chi connectivity index (χ0) is 14.5. The highest BCUT2D eigenvalue weighted by Gasteiger charge is 2.07. The summed E-state index contributed by atoms with van der Waals surface area (Å²) in [6.07, 6.45) is 3.49. The Bertz CT molecular complexity index is 581. The molecule has 0 saturated carbocycles. The van der Waals surface area contributed by atoms with Crippen molar-refractivity contribution >= 4 is 23.3 Å². The Hall–Kier alpha value is -2.01. The zero-order valence-electron chi connectivity index (χ0n) is 11.4. The van der Waals surface area contributed by atoms with Gasteiger partial charge in [-0.3, -0.25) is 0 Å². The van der Waals surface area contributed by atoms with Crippen LogP contribution in [0.3, 0.4) is 0 Å². The summed E-state index contributed by atoms with van der Waals surface area (Å²) in [5, 5.41) is 10.2. The largest absolute Gasteiger partial charge is 0.338 e. The standard InChI is InChI=1S/C14H17ClN4O/c1-10(2)9-16-14(20)18-11-4-5-13(12(15)8-11)19-7-3-6-17-19/h3-8,10H,9H2,1-2H3,(H2,16,18,20). The van der Waals surface area contributed by atoms with Crippen molar-refractivity contribution in [1.29, 1.82) is 0 Å². The average molecular weight is 293 g/mol. The lowest BCUT2D eigenvalue weighted by atomic mass is 10.2. The first-order valence-electron chi connectivity index (χ1n) is 6.40. The third kappa shape index (κ3) is 3.74. The molecule has 1 aromatic carbocycles. The predicted octanol–water partition coefficient (Wildman–Crippen LogP) is 3.30. The first-order chi connectivity index (χ1) is 9.56. The van der Waals surface area contributed by atoms with E-state index in [9.17, 15) is 4.79 Å². The van der Waals surface area contributed by atoms with Gasteiger partial charge in [-0.15, -0.1) is 0 Å².